The van der Waals surface area contributed by atoms with Crippen LogP contribution in [0.15, 0.2) is 30.3 Å². The molecule has 2 aromatic carbocycles. The summed E-state index contributed by atoms with van der Waals surface area (Å²) in [7, 11) is 0. The first-order valence-electron chi connectivity index (χ1n) is 5.56. The fourth-order valence-corrected chi connectivity index (χ4v) is 3.40. The minimum absolute atomic E-state index is 1.33. The van der Waals surface area contributed by atoms with Gasteiger partial charge in [0.25, 0.3) is 0 Å². The van der Waals surface area contributed by atoms with E-state index in [4.69, 9.17) is 0 Å². The molecule has 80 valence electrons. The lowest BCUT2D eigenvalue weighted by Crippen LogP contribution is -1.78. The molecule has 0 amide bonds. The zero-order valence-electron chi connectivity index (χ0n) is 9.79. The van der Waals surface area contributed by atoms with Crippen molar-refractivity contribution >= 4 is 32.2 Å². The highest BCUT2D eigenvalue weighted by Crippen LogP contribution is 2.35. The molecule has 0 N–H and O–H groups in total. The first kappa shape index (κ1) is 9.86. The lowest BCUT2D eigenvalue weighted by atomic mass is 10.0. The van der Waals surface area contributed by atoms with Crippen molar-refractivity contribution in [2.45, 2.75) is 20.8 Å². The Kier molecular flexibility index (Phi) is 2.05. The van der Waals surface area contributed by atoms with E-state index in [-0.39, 0.29) is 0 Å². The van der Waals surface area contributed by atoms with Crippen molar-refractivity contribution in [3.63, 3.8) is 0 Å². The van der Waals surface area contributed by atoms with Crippen molar-refractivity contribution in [3.8, 4) is 0 Å². The van der Waals surface area contributed by atoms with Crippen LogP contribution >= 0.6 is 11.3 Å². The van der Waals surface area contributed by atoms with E-state index in [0.29, 0.717) is 0 Å². The second-order valence-corrected chi connectivity index (χ2v) is 5.70. The topological polar surface area (TPSA) is 0 Å². The van der Waals surface area contributed by atoms with E-state index in [0.717, 1.165) is 0 Å². The van der Waals surface area contributed by atoms with Crippen molar-refractivity contribution in [3.05, 3.63) is 46.3 Å². The molecule has 0 unspecified atom stereocenters. The van der Waals surface area contributed by atoms with Gasteiger partial charge in [0.1, 0.15) is 0 Å². The van der Waals surface area contributed by atoms with Crippen LogP contribution in [0.25, 0.3) is 20.9 Å². The van der Waals surface area contributed by atoms with Crippen molar-refractivity contribution in [2.75, 3.05) is 0 Å². The van der Waals surface area contributed by atoms with Crippen LogP contribution in [0.2, 0.25) is 0 Å². The van der Waals surface area contributed by atoms with E-state index < -0.39 is 0 Å². The van der Waals surface area contributed by atoms with Crippen LogP contribution in [-0.4, -0.2) is 0 Å². The number of hydrogen-bond donors (Lipinski definition) is 0. The highest BCUT2D eigenvalue weighted by Gasteiger charge is 2.08. The summed E-state index contributed by atoms with van der Waals surface area (Å²) in [6.45, 7) is 6.59. The molecule has 16 heavy (non-hydrogen) atoms. The summed E-state index contributed by atoms with van der Waals surface area (Å²) in [6.07, 6.45) is 0. The molecule has 1 heterocycles. The Morgan fingerprint density at radius 3 is 2.56 bits per heavy atom. The van der Waals surface area contributed by atoms with Gasteiger partial charge < -0.3 is 0 Å². The third-order valence-corrected chi connectivity index (χ3v) is 4.48. The van der Waals surface area contributed by atoms with Crippen molar-refractivity contribution in [1.82, 2.24) is 0 Å². The zero-order chi connectivity index (χ0) is 11.3. The van der Waals surface area contributed by atoms with Gasteiger partial charge in [-0.1, -0.05) is 29.8 Å². The SMILES string of the molecule is Cc1ccc2c(ccc3sc(C)c(C)c32)c1. The van der Waals surface area contributed by atoms with Gasteiger partial charge in [-0.05, 0) is 43.2 Å². The van der Waals surface area contributed by atoms with E-state index in [9.17, 15) is 0 Å². The van der Waals surface area contributed by atoms with Gasteiger partial charge in [-0.3, -0.25) is 0 Å². The van der Waals surface area contributed by atoms with E-state index >= 15 is 0 Å². The van der Waals surface area contributed by atoms with E-state index in [1.807, 2.05) is 11.3 Å². The molecule has 0 fully saturated rings. The molecule has 0 aliphatic rings. The molecule has 1 aromatic heterocycles. The largest absolute Gasteiger partial charge is 0.140 e. The van der Waals surface area contributed by atoms with Gasteiger partial charge >= 0.3 is 0 Å². The quantitative estimate of drug-likeness (QED) is 0.507. The standard InChI is InChI=1S/C15H14S/c1-9-4-6-13-12(8-9)5-7-14-15(13)10(2)11(3)16-14/h4-8H,1-3H3. The molecule has 1 heteroatoms. The van der Waals surface area contributed by atoms with Crippen molar-refractivity contribution in [2.24, 2.45) is 0 Å². The zero-order valence-corrected chi connectivity index (χ0v) is 10.6. The minimum atomic E-state index is 1.33. The minimum Gasteiger partial charge on any atom is -0.140 e. The average molecular weight is 226 g/mol. The monoisotopic (exact) mass is 226 g/mol. The Morgan fingerprint density at radius 1 is 0.938 bits per heavy atom. The first-order chi connectivity index (χ1) is 7.66. The van der Waals surface area contributed by atoms with Gasteiger partial charge in [0.15, 0.2) is 0 Å². The number of aryl methyl sites for hydroxylation is 3. The maximum atomic E-state index is 2.27. The third-order valence-electron chi connectivity index (χ3n) is 3.30. The molecular weight excluding hydrogens is 212 g/mol. The number of benzene rings is 2. The molecule has 0 radical (unpaired) electrons. The number of thiophene rings is 1. The molecule has 0 spiro atoms. The summed E-state index contributed by atoms with van der Waals surface area (Å²) in [6, 6.07) is 11.2. The summed E-state index contributed by atoms with van der Waals surface area (Å²) in [5, 5.41) is 4.19. The Balaban J connectivity index is 2.57. The molecule has 0 nitrogen and oxygen atoms in total. The molecule has 0 bridgehead atoms. The number of hydrogen-bond acceptors (Lipinski definition) is 1. The predicted molar refractivity (Wildman–Crippen MR) is 73.5 cm³/mol. The molecular formula is C15H14S. The average Bonchev–Trinajstić information content (AvgIpc) is 2.55. The van der Waals surface area contributed by atoms with Gasteiger partial charge in [0, 0.05) is 15.0 Å². The van der Waals surface area contributed by atoms with E-state index in [1.54, 1.807) is 0 Å². The normalized spacial score (nSPS) is 11.4. The number of fused-ring (bicyclic) bond motifs is 3. The molecule has 0 atom stereocenters. The Morgan fingerprint density at radius 2 is 1.75 bits per heavy atom. The van der Waals surface area contributed by atoms with Gasteiger partial charge in [0.05, 0.1) is 0 Å². The summed E-state index contributed by atoms with van der Waals surface area (Å²) < 4.78 is 1.41. The summed E-state index contributed by atoms with van der Waals surface area (Å²) in [5.41, 5.74) is 2.77. The van der Waals surface area contributed by atoms with Crippen LogP contribution in [0.5, 0.6) is 0 Å². The van der Waals surface area contributed by atoms with Crippen LogP contribution in [-0.2, 0) is 0 Å². The smallest absolute Gasteiger partial charge is 0.0354 e. The van der Waals surface area contributed by atoms with Gasteiger partial charge in [0.2, 0.25) is 0 Å². The summed E-state index contributed by atoms with van der Waals surface area (Å²) in [4.78, 5) is 1.43. The molecule has 3 rings (SSSR count). The van der Waals surface area contributed by atoms with Crippen LogP contribution in [0.3, 0.4) is 0 Å². The third kappa shape index (κ3) is 1.28. The van der Waals surface area contributed by atoms with Gasteiger partial charge in [-0.2, -0.15) is 0 Å². The maximum Gasteiger partial charge on any atom is 0.0354 e. The molecule has 3 aromatic rings. The van der Waals surface area contributed by atoms with E-state index in [1.165, 1.54) is 36.9 Å². The Hall–Kier alpha value is -1.34. The second kappa shape index (κ2) is 3.33. The maximum absolute atomic E-state index is 2.27. The highest BCUT2D eigenvalue weighted by atomic mass is 32.1. The second-order valence-electron chi connectivity index (χ2n) is 4.45. The van der Waals surface area contributed by atoms with E-state index in [2.05, 4.69) is 51.1 Å². The first-order valence-corrected chi connectivity index (χ1v) is 6.37. The lowest BCUT2D eigenvalue weighted by Gasteiger charge is -2.02. The Labute approximate surface area is 99.5 Å². The van der Waals surface area contributed by atoms with Crippen LogP contribution in [0, 0.1) is 20.8 Å². The molecule has 0 aliphatic carbocycles. The lowest BCUT2D eigenvalue weighted by molar-refractivity contribution is 1.47. The number of rotatable bonds is 0. The van der Waals surface area contributed by atoms with Crippen molar-refractivity contribution < 1.29 is 0 Å². The Bertz CT molecular complexity index is 689. The highest BCUT2D eigenvalue weighted by molar-refractivity contribution is 7.19. The van der Waals surface area contributed by atoms with Crippen LogP contribution in [0.4, 0.5) is 0 Å². The van der Waals surface area contributed by atoms with Crippen LogP contribution in [0.1, 0.15) is 16.0 Å². The molecule has 0 saturated heterocycles. The van der Waals surface area contributed by atoms with Gasteiger partial charge in [-0.25, -0.2) is 0 Å². The fraction of sp³-hybridized carbons (Fsp3) is 0.200. The summed E-state index contributed by atoms with van der Waals surface area (Å²) >= 11 is 1.90. The molecule has 0 saturated carbocycles. The van der Waals surface area contributed by atoms with Crippen LogP contribution < -0.4 is 0 Å². The fourth-order valence-electron chi connectivity index (χ4n) is 2.32. The molecule has 0 aliphatic heterocycles. The van der Waals surface area contributed by atoms with Gasteiger partial charge in [-0.15, -0.1) is 11.3 Å². The predicted octanol–water partition coefficient (Wildman–Crippen LogP) is 4.98. The summed E-state index contributed by atoms with van der Waals surface area (Å²) in [5.74, 6) is 0. The van der Waals surface area contributed by atoms with Crippen molar-refractivity contribution in [1.29, 1.82) is 0 Å².